The smallest absolute Gasteiger partial charge is 0.242 e. The molecule has 0 aliphatic carbocycles. The summed E-state index contributed by atoms with van der Waals surface area (Å²) in [5.74, 6) is 0.933. The van der Waals surface area contributed by atoms with Gasteiger partial charge < -0.3 is 19.1 Å². The van der Waals surface area contributed by atoms with Gasteiger partial charge in [-0.3, -0.25) is 9.59 Å². The standard InChI is InChI=1S/C23H25N3O3/c1-17(27)21-15-26(22-6-4-3-5-20(21)22)16-23(28)25-13-11-24(12-14-25)18-7-9-19(29-2)10-8-18/h3-10,15H,11-14,16H2,1-2H3. The van der Waals surface area contributed by atoms with E-state index in [9.17, 15) is 9.59 Å². The van der Waals surface area contributed by atoms with Gasteiger partial charge in [0.2, 0.25) is 5.91 Å². The minimum atomic E-state index is 0.0144. The van der Waals surface area contributed by atoms with Crippen LogP contribution in [0.5, 0.6) is 5.75 Å². The van der Waals surface area contributed by atoms with Gasteiger partial charge in [-0.05, 0) is 37.3 Å². The summed E-state index contributed by atoms with van der Waals surface area (Å²) in [6, 6.07) is 15.7. The fourth-order valence-electron chi connectivity index (χ4n) is 3.91. The topological polar surface area (TPSA) is 54.8 Å². The highest BCUT2D eigenvalue weighted by Gasteiger charge is 2.22. The summed E-state index contributed by atoms with van der Waals surface area (Å²) in [5, 5.41) is 0.900. The Balaban J connectivity index is 1.43. The lowest BCUT2D eigenvalue weighted by Gasteiger charge is -2.36. The molecule has 0 N–H and O–H groups in total. The number of fused-ring (bicyclic) bond motifs is 1. The SMILES string of the molecule is COc1ccc(N2CCN(C(=O)Cn3cc(C(C)=O)c4ccccc43)CC2)cc1. The third kappa shape index (κ3) is 3.83. The van der Waals surface area contributed by atoms with Crippen molar-refractivity contribution in [2.24, 2.45) is 0 Å². The molecule has 1 amide bonds. The summed E-state index contributed by atoms with van der Waals surface area (Å²) < 4.78 is 7.11. The van der Waals surface area contributed by atoms with E-state index in [4.69, 9.17) is 4.74 Å². The summed E-state index contributed by atoms with van der Waals surface area (Å²) in [4.78, 5) is 29.0. The first-order valence-electron chi connectivity index (χ1n) is 9.82. The van der Waals surface area contributed by atoms with Gasteiger partial charge in [0.1, 0.15) is 12.3 Å². The number of ketones is 1. The average Bonchev–Trinajstić information content (AvgIpc) is 3.13. The minimum absolute atomic E-state index is 0.0144. The Hall–Kier alpha value is -3.28. The number of Topliss-reactive ketones (excluding diaryl/α,β-unsaturated/α-hetero) is 1. The van der Waals surface area contributed by atoms with Crippen LogP contribution in [0.15, 0.2) is 54.7 Å². The molecule has 3 aromatic rings. The van der Waals surface area contributed by atoms with Crippen LogP contribution in [0.4, 0.5) is 5.69 Å². The molecule has 1 aliphatic rings. The van der Waals surface area contributed by atoms with Crippen molar-refractivity contribution in [3.63, 3.8) is 0 Å². The first-order chi connectivity index (χ1) is 14.1. The number of rotatable bonds is 5. The summed E-state index contributed by atoms with van der Waals surface area (Å²) in [5.41, 5.74) is 2.72. The van der Waals surface area contributed by atoms with E-state index in [1.54, 1.807) is 20.2 Å². The number of piperazine rings is 1. The third-order valence-corrected chi connectivity index (χ3v) is 5.54. The number of para-hydroxylation sites is 1. The number of carbonyl (C=O) groups is 2. The molecule has 1 fully saturated rings. The van der Waals surface area contributed by atoms with E-state index in [1.807, 2.05) is 58.0 Å². The molecule has 4 rings (SSSR count). The van der Waals surface area contributed by atoms with Gasteiger partial charge in [0, 0.05) is 54.5 Å². The lowest BCUT2D eigenvalue weighted by molar-refractivity contribution is -0.132. The lowest BCUT2D eigenvalue weighted by Crippen LogP contribution is -2.49. The highest BCUT2D eigenvalue weighted by molar-refractivity contribution is 6.07. The quantitative estimate of drug-likeness (QED) is 0.627. The number of hydrogen-bond acceptors (Lipinski definition) is 4. The van der Waals surface area contributed by atoms with Gasteiger partial charge in [-0.2, -0.15) is 0 Å². The van der Waals surface area contributed by atoms with Gasteiger partial charge >= 0.3 is 0 Å². The normalized spacial score (nSPS) is 14.3. The summed E-state index contributed by atoms with van der Waals surface area (Å²) in [7, 11) is 1.66. The molecule has 2 heterocycles. The number of benzene rings is 2. The van der Waals surface area contributed by atoms with Gasteiger partial charge in [-0.1, -0.05) is 18.2 Å². The van der Waals surface area contributed by atoms with E-state index in [0.29, 0.717) is 18.7 Å². The van der Waals surface area contributed by atoms with Crippen molar-refractivity contribution in [2.75, 3.05) is 38.2 Å². The van der Waals surface area contributed by atoms with Crippen LogP contribution in [-0.2, 0) is 11.3 Å². The number of ether oxygens (including phenoxy) is 1. The number of amides is 1. The number of methoxy groups -OCH3 is 1. The van der Waals surface area contributed by atoms with Crippen molar-refractivity contribution in [1.82, 2.24) is 9.47 Å². The second-order valence-electron chi connectivity index (χ2n) is 7.31. The fourth-order valence-corrected chi connectivity index (χ4v) is 3.91. The zero-order valence-electron chi connectivity index (χ0n) is 16.8. The Morgan fingerprint density at radius 1 is 0.966 bits per heavy atom. The Bertz CT molecular complexity index is 1030. The third-order valence-electron chi connectivity index (χ3n) is 5.54. The van der Waals surface area contributed by atoms with Gasteiger partial charge in [0.05, 0.1) is 7.11 Å². The number of hydrogen-bond donors (Lipinski definition) is 0. The average molecular weight is 391 g/mol. The predicted molar refractivity (Wildman–Crippen MR) is 114 cm³/mol. The molecule has 1 aliphatic heterocycles. The second kappa shape index (κ2) is 7.99. The summed E-state index contributed by atoms with van der Waals surface area (Å²) in [6.07, 6.45) is 1.80. The predicted octanol–water partition coefficient (Wildman–Crippen LogP) is 3.20. The Morgan fingerprint density at radius 2 is 1.66 bits per heavy atom. The minimum Gasteiger partial charge on any atom is -0.497 e. The van der Waals surface area contributed by atoms with Crippen LogP contribution in [0.1, 0.15) is 17.3 Å². The Kier molecular flexibility index (Phi) is 5.25. The molecular weight excluding hydrogens is 366 g/mol. The van der Waals surface area contributed by atoms with Crippen molar-refractivity contribution in [2.45, 2.75) is 13.5 Å². The van der Waals surface area contributed by atoms with Gasteiger partial charge in [0.15, 0.2) is 5.78 Å². The highest BCUT2D eigenvalue weighted by atomic mass is 16.5. The van der Waals surface area contributed by atoms with Crippen LogP contribution in [0.2, 0.25) is 0 Å². The van der Waals surface area contributed by atoms with Crippen molar-refractivity contribution in [3.8, 4) is 5.75 Å². The lowest BCUT2D eigenvalue weighted by atomic mass is 10.1. The molecule has 1 saturated heterocycles. The van der Waals surface area contributed by atoms with Crippen LogP contribution in [0, 0.1) is 0 Å². The van der Waals surface area contributed by atoms with Crippen molar-refractivity contribution in [1.29, 1.82) is 0 Å². The van der Waals surface area contributed by atoms with Gasteiger partial charge in [0.25, 0.3) is 0 Å². The molecule has 29 heavy (non-hydrogen) atoms. The van der Waals surface area contributed by atoms with E-state index in [2.05, 4.69) is 4.90 Å². The molecule has 0 saturated carbocycles. The molecule has 0 atom stereocenters. The molecule has 0 spiro atoms. The molecular formula is C23H25N3O3. The van der Waals surface area contributed by atoms with Crippen LogP contribution in [-0.4, -0.2) is 54.4 Å². The molecule has 6 nitrogen and oxygen atoms in total. The van der Waals surface area contributed by atoms with Crippen LogP contribution >= 0.6 is 0 Å². The Labute approximate surface area is 170 Å². The van der Waals surface area contributed by atoms with E-state index in [-0.39, 0.29) is 18.2 Å². The monoisotopic (exact) mass is 391 g/mol. The number of aromatic nitrogens is 1. The van der Waals surface area contributed by atoms with Crippen LogP contribution in [0.3, 0.4) is 0 Å². The molecule has 1 aromatic heterocycles. The van der Waals surface area contributed by atoms with E-state index < -0.39 is 0 Å². The maximum absolute atomic E-state index is 12.9. The van der Waals surface area contributed by atoms with Crippen molar-refractivity contribution in [3.05, 3.63) is 60.3 Å². The van der Waals surface area contributed by atoms with Crippen LogP contribution in [0.25, 0.3) is 10.9 Å². The largest absolute Gasteiger partial charge is 0.497 e. The van der Waals surface area contributed by atoms with Crippen molar-refractivity contribution >= 4 is 28.3 Å². The van der Waals surface area contributed by atoms with Crippen LogP contribution < -0.4 is 9.64 Å². The highest BCUT2D eigenvalue weighted by Crippen LogP contribution is 2.23. The molecule has 0 radical (unpaired) electrons. The van der Waals surface area contributed by atoms with E-state index in [0.717, 1.165) is 35.4 Å². The molecule has 6 heteroatoms. The summed E-state index contributed by atoms with van der Waals surface area (Å²) in [6.45, 7) is 4.77. The summed E-state index contributed by atoms with van der Waals surface area (Å²) >= 11 is 0. The van der Waals surface area contributed by atoms with Gasteiger partial charge in [-0.15, -0.1) is 0 Å². The first-order valence-corrected chi connectivity index (χ1v) is 9.82. The molecule has 2 aromatic carbocycles. The number of anilines is 1. The number of carbonyl (C=O) groups excluding carboxylic acids is 2. The maximum Gasteiger partial charge on any atom is 0.242 e. The van der Waals surface area contributed by atoms with E-state index in [1.165, 1.54) is 0 Å². The zero-order chi connectivity index (χ0) is 20.4. The van der Waals surface area contributed by atoms with Gasteiger partial charge in [-0.25, -0.2) is 0 Å². The zero-order valence-corrected chi connectivity index (χ0v) is 16.8. The second-order valence-corrected chi connectivity index (χ2v) is 7.31. The number of nitrogens with zero attached hydrogens (tertiary/aromatic N) is 3. The molecule has 150 valence electrons. The van der Waals surface area contributed by atoms with E-state index >= 15 is 0 Å². The molecule has 0 unspecified atom stereocenters. The molecule has 0 bridgehead atoms. The Morgan fingerprint density at radius 3 is 2.31 bits per heavy atom. The van der Waals surface area contributed by atoms with Crippen molar-refractivity contribution < 1.29 is 14.3 Å². The fraction of sp³-hybridized carbons (Fsp3) is 0.304. The first kappa shape index (κ1) is 19.1. The maximum atomic E-state index is 12.9.